The van der Waals surface area contributed by atoms with Gasteiger partial charge in [0.25, 0.3) is 11.8 Å². The van der Waals surface area contributed by atoms with Crippen molar-refractivity contribution in [1.29, 1.82) is 0 Å². The average Bonchev–Trinajstić information content (AvgIpc) is 3.44. The Morgan fingerprint density at radius 1 is 1.31 bits per heavy atom. The second-order valence-corrected chi connectivity index (χ2v) is 8.87. The van der Waals surface area contributed by atoms with Crippen molar-refractivity contribution in [2.75, 3.05) is 31.6 Å². The molecule has 1 aliphatic heterocycles. The van der Waals surface area contributed by atoms with Crippen LogP contribution in [0.15, 0.2) is 12.1 Å². The summed E-state index contributed by atoms with van der Waals surface area (Å²) in [6.07, 6.45) is 2.13. The molecular weight excluding hydrogens is 382 g/mol. The lowest BCUT2D eigenvalue weighted by Gasteiger charge is -2.40. The van der Waals surface area contributed by atoms with E-state index in [-0.39, 0.29) is 17.5 Å². The Balaban J connectivity index is 1.79. The molecule has 2 heterocycles. The molecule has 2 N–H and O–H groups in total. The van der Waals surface area contributed by atoms with E-state index in [1.54, 1.807) is 6.07 Å². The van der Waals surface area contributed by atoms with Gasteiger partial charge in [-0.05, 0) is 36.3 Å². The highest BCUT2D eigenvalue weighted by Gasteiger charge is 2.45. The summed E-state index contributed by atoms with van der Waals surface area (Å²) in [4.78, 5) is 30.7. The van der Waals surface area contributed by atoms with E-state index in [1.165, 1.54) is 18.0 Å². The summed E-state index contributed by atoms with van der Waals surface area (Å²) >= 11 is 0. The Kier molecular flexibility index (Phi) is 5.69. The van der Waals surface area contributed by atoms with Crippen molar-refractivity contribution in [1.82, 2.24) is 15.6 Å². The summed E-state index contributed by atoms with van der Waals surface area (Å²) in [5, 5.41) is 5.27. The van der Waals surface area contributed by atoms with Gasteiger partial charge >= 0.3 is 0 Å². The van der Waals surface area contributed by atoms with Gasteiger partial charge in [0.05, 0.1) is 19.7 Å². The maximum atomic E-state index is 13.3. The van der Waals surface area contributed by atoms with Crippen LogP contribution in [0.5, 0.6) is 5.88 Å². The van der Waals surface area contributed by atoms with Crippen LogP contribution in [0.25, 0.3) is 0 Å². The minimum Gasteiger partial charge on any atom is -0.476 e. The second kappa shape index (κ2) is 7.76. The molecule has 2 fully saturated rings. The number of amides is 2. The molecule has 0 spiro atoms. The first-order chi connectivity index (χ1) is 13.5. The molecule has 29 heavy (non-hydrogen) atoms. The van der Waals surface area contributed by atoms with Gasteiger partial charge in [0.2, 0.25) is 11.8 Å². The van der Waals surface area contributed by atoms with E-state index in [0.29, 0.717) is 18.2 Å². The van der Waals surface area contributed by atoms with Gasteiger partial charge in [0.1, 0.15) is 17.4 Å². The number of ether oxygens (including phenoxy) is 1. The Labute approximate surface area is 169 Å². The quantitative estimate of drug-likeness (QED) is 0.720. The number of nitrogens with one attached hydrogen (secondary N) is 2. The number of rotatable bonds is 7. The fourth-order valence-corrected chi connectivity index (χ4v) is 3.09. The van der Waals surface area contributed by atoms with Crippen LogP contribution in [-0.2, 0) is 4.79 Å². The topological polar surface area (TPSA) is 83.6 Å². The highest BCUT2D eigenvalue weighted by Crippen LogP contribution is 2.38. The molecule has 2 aliphatic rings. The molecule has 1 aromatic rings. The SMILES string of the molecule is CNC(=O)C(NC(=O)c1ccc(N2CC(F)(F)C2)c(OCC2CC2)n1)C(C)(C)C. The monoisotopic (exact) mass is 410 g/mol. The maximum Gasteiger partial charge on any atom is 0.282 e. The van der Waals surface area contributed by atoms with E-state index in [1.807, 2.05) is 20.8 Å². The Hall–Kier alpha value is -2.45. The highest BCUT2D eigenvalue weighted by atomic mass is 19.3. The number of anilines is 1. The normalized spacial score (nSPS) is 19.2. The van der Waals surface area contributed by atoms with Crippen LogP contribution in [0.3, 0.4) is 0 Å². The lowest BCUT2D eigenvalue weighted by atomic mass is 9.86. The van der Waals surface area contributed by atoms with Crippen LogP contribution in [-0.4, -0.2) is 55.5 Å². The van der Waals surface area contributed by atoms with E-state index in [9.17, 15) is 18.4 Å². The molecule has 2 amide bonds. The molecule has 3 rings (SSSR count). The summed E-state index contributed by atoms with van der Waals surface area (Å²) in [6, 6.07) is 2.28. The van der Waals surface area contributed by atoms with E-state index in [4.69, 9.17) is 4.74 Å². The fourth-order valence-electron chi connectivity index (χ4n) is 3.09. The summed E-state index contributed by atoms with van der Waals surface area (Å²) in [6.45, 7) is 5.18. The first kappa shape index (κ1) is 21.3. The third-order valence-electron chi connectivity index (χ3n) is 5.06. The smallest absolute Gasteiger partial charge is 0.282 e. The number of hydrogen-bond acceptors (Lipinski definition) is 5. The molecule has 9 heteroatoms. The predicted octanol–water partition coefficient (Wildman–Crippen LogP) is 2.22. The van der Waals surface area contributed by atoms with Crippen molar-refractivity contribution in [2.45, 2.75) is 45.6 Å². The molecule has 1 atom stereocenters. The van der Waals surface area contributed by atoms with E-state index >= 15 is 0 Å². The molecule has 7 nitrogen and oxygen atoms in total. The van der Waals surface area contributed by atoms with E-state index < -0.39 is 36.4 Å². The van der Waals surface area contributed by atoms with Gasteiger partial charge in [-0.2, -0.15) is 0 Å². The third-order valence-corrected chi connectivity index (χ3v) is 5.06. The van der Waals surface area contributed by atoms with Crippen molar-refractivity contribution in [3.63, 3.8) is 0 Å². The number of pyridine rings is 1. The van der Waals surface area contributed by atoms with Gasteiger partial charge < -0.3 is 20.3 Å². The molecule has 1 aromatic heterocycles. The molecule has 0 bridgehead atoms. The van der Waals surface area contributed by atoms with Crippen molar-refractivity contribution in [2.24, 2.45) is 11.3 Å². The number of nitrogens with zero attached hydrogens (tertiary/aromatic N) is 2. The largest absolute Gasteiger partial charge is 0.476 e. The van der Waals surface area contributed by atoms with Crippen LogP contribution in [0.2, 0.25) is 0 Å². The third kappa shape index (κ3) is 5.13. The van der Waals surface area contributed by atoms with Gasteiger partial charge in [0, 0.05) is 7.05 Å². The molecular formula is C20H28F2N4O3. The fraction of sp³-hybridized carbons (Fsp3) is 0.650. The lowest BCUT2D eigenvalue weighted by Crippen LogP contribution is -2.56. The number of carbonyl (C=O) groups excluding carboxylic acids is 2. The summed E-state index contributed by atoms with van der Waals surface area (Å²) in [7, 11) is 1.51. The van der Waals surface area contributed by atoms with Crippen molar-refractivity contribution < 1.29 is 23.1 Å². The second-order valence-electron chi connectivity index (χ2n) is 8.87. The first-order valence-electron chi connectivity index (χ1n) is 9.79. The predicted molar refractivity (Wildman–Crippen MR) is 104 cm³/mol. The average molecular weight is 410 g/mol. The van der Waals surface area contributed by atoms with Crippen LogP contribution in [0.1, 0.15) is 44.1 Å². The number of hydrogen-bond donors (Lipinski definition) is 2. The molecule has 1 saturated heterocycles. The summed E-state index contributed by atoms with van der Waals surface area (Å²) in [5.74, 6) is -2.94. The first-order valence-corrected chi connectivity index (χ1v) is 9.79. The zero-order valence-corrected chi connectivity index (χ0v) is 17.2. The Morgan fingerprint density at radius 2 is 1.97 bits per heavy atom. The van der Waals surface area contributed by atoms with Gasteiger partial charge in [-0.1, -0.05) is 20.8 Å². The van der Waals surface area contributed by atoms with Crippen molar-refractivity contribution in [3.8, 4) is 5.88 Å². The lowest BCUT2D eigenvalue weighted by molar-refractivity contribution is -0.124. The van der Waals surface area contributed by atoms with E-state index in [2.05, 4.69) is 15.6 Å². The maximum absolute atomic E-state index is 13.3. The van der Waals surface area contributed by atoms with Crippen LogP contribution in [0.4, 0.5) is 14.5 Å². The minimum atomic E-state index is -2.72. The molecule has 1 saturated carbocycles. The summed E-state index contributed by atoms with van der Waals surface area (Å²) < 4.78 is 32.4. The number of likely N-dealkylation sites (N-methyl/N-ethyl adjacent to an activating group) is 1. The standard InChI is InChI=1S/C20H28F2N4O3/c1-19(2,3)15(17(28)23-4)25-16(27)13-7-8-14(26-10-20(21,22)11-26)18(24-13)29-9-12-5-6-12/h7-8,12,15H,5-6,9-11H2,1-4H3,(H,23,28)(H,25,27). The van der Waals surface area contributed by atoms with Gasteiger partial charge in [-0.25, -0.2) is 13.8 Å². The molecule has 0 aromatic carbocycles. The molecule has 1 unspecified atom stereocenters. The van der Waals surface area contributed by atoms with Crippen molar-refractivity contribution in [3.05, 3.63) is 17.8 Å². The van der Waals surface area contributed by atoms with E-state index in [0.717, 1.165) is 12.8 Å². The zero-order chi connectivity index (χ0) is 21.4. The number of carbonyl (C=O) groups is 2. The van der Waals surface area contributed by atoms with Gasteiger partial charge in [0.15, 0.2) is 0 Å². The number of aromatic nitrogens is 1. The van der Waals surface area contributed by atoms with Crippen LogP contribution >= 0.6 is 0 Å². The Morgan fingerprint density at radius 3 is 2.48 bits per heavy atom. The molecule has 160 valence electrons. The van der Waals surface area contributed by atoms with Crippen LogP contribution < -0.4 is 20.3 Å². The molecule has 0 radical (unpaired) electrons. The Bertz CT molecular complexity index is 782. The van der Waals surface area contributed by atoms with Crippen LogP contribution in [0, 0.1) is 11.3 Å². The molecule has 1 aliphatic carbocycles. The minimum absolute atomic E-state index is 0.0741. The summed E-state index contributed by atoms with van der Waals surface area (Å²) in [5.41, 5.74) is 0.0151. The number of halogens is 2. The van der Waals surface area contributed by atoms with Gasteiger partial charge in [-0.15, -0.1) is 0 Å². The highest BCUT2D eigenvalue weighted by molar-refractivity contribution is 5.96. The van der Waals surface area contributed by atoms with Gasteiger partial charge in [-0.3, -0.25) is 9.59 Å². The number of alkyl halides is 2. The van der Waals surface area contributed by atoms with Crippen molar-refractivity contribution >= 4 is 17.5 Å². The zero-order valence-electron chi connectivity index (χ0n) is 17.2.